The summed E-state index contributed by atoms with van der Waals surface area (Å²) in [5.74, 6) is 0.0818. The summed E-state index contributed by atoms with van der Waals surface area (Å²) in [6, 6.07) is 8.31. The van der Waals surface area contributed by atoms with E-state index in [4.69, 9.17) is 4.74 Å². The molecule has 2 rings (SSSR count). The predicted octanol–water partition coefficient (Wildman–Crippen LogP) is 1.42. The van der Waals surface area contributed by atoms with Crippen LogP contribution in [0.25, 0.3) is 0 Å². The molecule has 1 aliphatic heterocycles. The van der Waals surface area contributed by atoms with Crippen molar-refractivity contribution in [1.29, 1.82) is 0 Å². The Kier molecular flexibility index (Phi) is 4.20. The third kappa shape index (κ3) is 2.82. The standard InChI is InChI=1S/C14H20N2O2/c1-10-12(14(17)15-7-8-18-2)9-11-5-3-4-6-13(11)16-10/h3-6,10,12,16H,7-9H2,1-2H3,(H,15,17). The number of hydrogen-bond donors (Lipinski definition) is 2. The zero-order chi connectivity index (χ0) is 13.0. The van der Waals surface area contributed by atoms with Gasteiger partial charge in [-0.1, -0.05) is 18.2 Å². The molecule has 0 bridgehead atoms. The van der Waals surface area contributed by atoms with Crippen molar-refractivity contribution in [3.8, 4) is 0 Å². The molecule has 1 aromatic rings. The number of benzene rings is 1. The lowest BCUT2D eigenvalue weighted by molar-refractivity contribution is -0.125. The SMILES string of the molecule is COCCNC(=O)C1Cc2ccccc2NC1C. The Morgan fingerprint density at radius 2 is 2.28 bits per heavy atom. The maximum Gasteiger partial charge on any atom is 0.225 e. The normalized spacial score (nSPS) is 21.9. The van der Waals surface area contributed by atoms with E-state index >= 15 is 0 Å². The minimum Gasteiger partial charge on any atom is -0.383 e. The average molecular weight is 248 g/mol. The second-order valence-corrected chi connectivity index (χ2v) is 4.68. The van der Waals surface area contributed by atoms with Gasteiger partial charge in [-0.25, -0.2) is 0 Å². The fourth-order valence-electron chi connectivity index (χ4n) is 2.33. The number of carbonyl (C=O) groups is 1. The van der Waals surface area contributed by atoms with E-state index in [1.54, 1.807) is 7.11 Å². The number of nitrogens with one attached hydrogen (secondary N) is 2. The topological polar surface area (TPSA) is 50.4 Å². The van der Waals surface area contributed by atoms with Gasteiger partial charge in [-0.15, -0.1) is 0 Å². The quantitative estimate of drug-likeness (QED) is 0.792. The van der Waals surface area contributed by atoms with E-state index in [0.717, 1.165) is 12.1 Å². The highest BCUT2D eigenvalue weighted by Gasteiger charge is 2.29. The Balaban J connectivity index is 2.00. The lowest BCUT2D eigenvalue weighted by Gasteiger charge is -2.31. The van der Waals surface area contributed by atoms with Crippen LogP contribution in [0.4, 0.5) is 5.69 Å². The Bertz CT molecular complexity index is 420. The molecule has 1 heterocycles. The minimum absolute atomic E-state index is 0.0169. The molecule has 98 valence electrons. The first-order valence-corrected chi connectivity index (χ1v) is 6.33. The predicted molar refractivity (Wildman–Crippen MR) is 71.6 cm³/mol. The van der Waals surface area contributed by atoms with Crippen LogP contribution in [0.2, 0.25) is 0 Å². The first-order valence-electron chi connectivity index (χ1n) is 6.33. The highest BCUT2D eigenvalue weighted by Crippen LogP contribution is 2.28. The zero-order valence-corrected chi connectivity index (χ0v) is 10.9. The molecule has 0 saturated heterocycles. The minimum atomic E-state index is -0.0169. The van der Waals surface area contributed by atoms with Crippen molar-refractivity contribution in [2.45, 2.75) is 19.4 Å². The molecule has 0 spiro atoms. The van der Waals surface area contributed by atoms with Crippen molar-refractivity contribution in [2.24, 2.45) is 5.92 Å². The van der Waals surface area contributed by atoms with Crippen molar-refractivity contribution >= 4 is 11.6 Å². The van der Waals surface area contributed by atoms with Gasteiger partial charge in [-0.05, 0) is 25.0 Å². The second-order valence-electron chi connectivity index (χ2n) is 4.68. The lowest BCUT2D eigenvalue weighted by atomic mass is 9.87. The summed E-state index contributed by atoms with van der Waals surface area (Å²) in [7, 11) is 1.63. The lowest BCUT2D eigenvalue weighted by Crippen LogP contribution is -2.44. The Labute approximate surface area is 108 Å². The monoisotopic (exact) mass is 248 g/mol. The van der Waals surface area contributed by atoms with Gasteiger partial charge in [0.1, 0.15) is 0 Å². The first kappa shape index (κ1) is 12.9. The van der Waals surface area contributed by atoms with E-state index in [2.05, 4.69) is 29.7 Å². The molecule has 1 aromatic carbocycles. The Morgan fingerprint density at radius 1 is 1.50 bits per heavy atom. The molecule has 0 aromatic heterocycles. The van der Waals surface area contributed by atoms with E-state index in [1.165, 1.54) is 5.56 Å². The van der Waals surface area contributed by atoms with Crippen LogP contribution in [-0.4, -0.2) is 32.2 Å². The van der Waals surface area contributed by atoms with Crippen molar-refractivity contribution in [1.82, 2.24) is 5.32 Å². The van der Waals surface area contributed by atoms with Crippen molar-refractivity contribution in [3.05, 3.63) is 29.8 Å². The van der Waals surface area contributed by atoms with Gasteiger partial charge in [0, 0.05) is 25.4 Å². The molecular weight excluding hydrogens is 228 g/mol. The van der Waals surface area contributed by atoms with Gasteiger partial charge in [0.2, 0.25) is 5.91 Å². The van der Waals surface area contributed by atoms with Crippen LogP contribution >= 0.6 is 0 Å². The fourth-order valence-corrected chi connectivity index (χ4v) is 2.33. The van der Waals surface area contributed by atoms with Gasteiger partial charge in [0.05, 0.1) is 12.5 Å². The summed E-state index contributed by atoms with van der Waals surface area (Å²) in [4.78, 5) is 12.1. The Morgan fingerprint density at radius 3 is 3.06 bits per heavy atom. The van der Waals surface area contributed by atoms with Crippen LogP contribution in [-0.2, 0) is 16.0 Å². The molecule has 1 amide bonds. The third-order valence-electron chi connectivity index (χ3n) is 3.39. The molecular formula is C14H20N2O2. The van der Waals surface area contributed by atoms with E-state index in [9.17, 15) is 4.79 Å². The molecule has 0 fully saturated rings. The number of ether oxygens (including phenoxy) is 1. The van der Waals surface area contributed by atoms with Gasteiger partial charge < -0.3 is 15.4 Å². The molecule has 2 atom stereocenters. The van der Waals surface area contributed by atoms with Crippen LogP contribution in [0.3, 0.4) is 0 Å². The highest BCUT2D eigenvalue weighted by molar-refractivity contribution is 5.81. The molecule has 4 heteroatoms. The highest BCUT2D eigenvalue weighted by atomic mass is 16.5. The number of rotatable bonds is 4. The molecule has 4 nitrogen and oxygen atoms in total. The second kappa shape index (κ2) is 5.87. The third-order valence-corrected chi connectivity index (χ3v) is 3.39. The number of para-hydroxylation sites is 1. The molecule has 1 aliphatic rings. The van der Waals surface area contributed by atoms with Crippen molar-refractivity contribution in [3.63, 3.8) is 0 Å². The number of amides is 1. The van der Waals surface area contributed by atoms with E-state index in [-0.39, 0.29) is 17.9 Å². The van der Waals surface area contributed by atoms with E-state index in [1.807, 2.05) is 12.1 Å². The van der Waals surface area contributed by atoms with Crippen LogP contribution in [0, 0.1) is 5.92 Å². The number of hydrogen-bond acceptors (Lipinski definition) is 3. The number of fused-ring (bicyclic) bond motifs is 1. The summed E-state index contributed by atoms with van der Waals surface area (Å²) in [5, 5.41) is 6.30. The van der Waals surface area contributed by atoms with Crippen LogP contribution < -0.4 is 10.6 Å². The van der Waals surface area contributed by atoms with Gasteiger partial charge in [-0.2, -0.15) is 0 Å². The molecule has 0 radical (unpaired) electrons. The molecule has 0 saturated carbocycles. The zero-order valence-electron chi connectivity index (χ0n) is 10.9. The Hall–Kier alpha value is -1.55. The van der Waals surface area contributed by atoms with Crippen LogP contribution in [0.1, 0.15) is 12.5 Å². The largest absolute Gasteiger partial charge is 0.383 e. The van der Waals surface area contributed by atoms with Gasteiger partial charge in [0.15, 0.2) is 0 Å². The van der Waals surface area contributed by atoms with Gasteiger partial charge in [0.25, 0.3) is 0 Å². The summed E-state index contributed by atoms with van der Waals surface area (Å²) in [6.45, 7) is 3.17. The molecule has 2 unspecified atom stereocenters. The molecule has 0 aliphatic carbocycles. The van der Waals surface area contributed by atoms with E-state index < -0.39 is 0 Å². The van der Waals surface area contributed by atoms with E-state index in [0.29, 0.717) is 13.2 Å². The molecule has 18 heavy (non-hydrogen) atoms. The van der Waals surface area contributed by atoms with Crippen LogP contribution in [0.5, 0.6) is 0 Å². The maximum atomic E-state index is 12.1. The number of methoxy groups -OCH3 is 1. The van der Waals surface area contributed by atoms with Crippen molar-refractivity contribution < 1.29 is 9.53 Å². The fraction of sp³-hybridized carbons (Fsp3) is 0.500. The summed E-state index contributed by atoms with van der Waals surface area (Å²) >= 11 is 0. The van der Waals surface area contributed by atoms with Gasteiger partial charge in [-0.3, -0.25) is 4.79 Å². The summed E-state index contributed by atoms with van der Waals surface area (Å²) in [6.07, 6.45) is 0.795. The van der Waals surface area contributed by atoms with Crippen LogP contribution in [0.15, 0.2) is 24.3 Å². The molecule has 2 N–H and O–H groups in total. The van der Waals surface area contributed by atoms with Gasteiger partial charge >= 0.3 is 0 Å². The number of anilines is 1. The first-order chi connectivity index (χ1) is 8.72. The summed E-state index contributed by atoms with van der Waals surface area (Å²) in [5.41, 5.74) is 2.36. The maximum absolute atomic E-state index is 12.1. The summed E-state index contributed by atoms with van der Waals surface area (Å²) < 4.78 is 4.93. The average Bonchev–Trinajstić information content (AvgIpc) is 2.38. The van der Waals surface area contributed by atoms with Crippen molar-refractivity contribution in [2.75, 3.05) is 25.6 Å². The number of carbonyl (C=O) groups excluding carboxylic acids is 1. The smallest absolute Gasteiger partial charge is 0.225 e.